The van der Waals surface area contributed by atoms with Crippen molar-refractivity contribution in [1.29, 1.82) is 0 Å². The number of fused-ring (bicyclic) bond motifs is 1. The maximum atomic E-state index is 13.1. The fourth-order valence-corrected chi connectivity index (χ4v) is 5.65. The lowest BCUT2D eigenvalue weighted by Crippen LogP contribution is -2.48. The number of rotatable bonds is 7. The monoisotopic (exact) mass is 475 g/mol. The van der Waals surface area contributed by atoms with Crippen LogP contribution in [0.3, 0.4) is 0 Å². The van der Waals surface area contributed by atoms with Crippen molar-refractivity contribution >= 4 is 15.7 Å². The van der Waals surface area contributed by atoms with Crippen molar-refractivity contribution in [1.82, 2.24) is 9.21 Å². The van der Waals surface area contributed by atoms with Crippen molar-refractivity contribution in [2.45, 2.75) is 44.2 Å². The summed E-state index contributed by atoms with van der Waals surface area (Å²) in [7, 11) is -3.56. The van der Waals surface area contributed by atoms with Crippen LogP contribution in [-0.2, 0) is 27.9 Å². The smallest absolute Gasteiger partial charge is 0.270 e. The van der Waals surface area contributed by atoms with Crippen LogP contribution >= 0.6 is 0 Å². The second-order valence-corrected chi connectivity index (χ2v) is 10.5. The number of hydrogen-bond acceptors (Lipinski definition) is 7. The van der Waals surface area contributed by atoms with E-state index in [2.05, 4.69) is 18.7 Å². The highest BCUT2D eigenvalue weighted by molar-refractivity contribution is 7.89. The zero-order chi connectivity index (χ0) is 23.6. The Hall–Kier alpha value is -2.53. The van der Waals surface area contributed by atoms with Gasteiger partial charge in [0.15, 0.2) is 6.79 Å². The van der Waals surface area contributed by atoms with Crippen LogP contribution in [-0.4, -0.2) is 55.5 Å². The van der Waals surface area contributed by atoms with Gasteiger partial charge in [0.25, 0.3) is 5.69 Å². The lowest BCUT2D eigenvalue weighted by Gasteiger charge is -2.34. The first kappa shape index (κ1) is 23.6. The Balaban J connectivity index is 1.44. The van der Waals surface area contributed by atoms with Gasteiger partial charge in [0.2, 0.25) is 10.0 Å². The number of benzene rings is 2. The summed E-state index contributed by atoms with van der Waals surface area (Å²) in [4.78, 5) is 13.3. The molecule has 0 spiro atoms. The molecule has 1 fully saturated rings. The fourth-order valence-electron chi connectivity index (χ4n) is 4.23. The first-order valence-corrected chi connectivity index (χ1v) is 12.6. The molecule has 33 heavy (non-hydrogen) atoms. The normalized spacial score (nSPS) is 18.4. The highest BCUT2D eigenvalue weighted by atomic mass is 32.2. The average molecular weight is 476 g/mol. The van der Waals surface area contributed by atoms with Crippen LogP contribution in [0.5, 0.6) is 5.75 Å². The maximum absolute atomic E-state index is 13.1. The lowest BCUT2D eigenvalue weighted by molar-refractivity contribution is -0.385. The molecule has 1 unspecified atom stereocenters. The molecule has 0 aromatic heterocycles. The molecular weight excluding hydrogens is 446 g/mol. The summed E-state index contributed by atoms with van der Waals surface area (Å²) in [5.41, 5.74) is 2.51. The second-order valence-electron chi connectivity index (χ2n) is 8.52. The SMILES string of the molecule is CCC(C)c1ccc(S(=O)(=O)N2CCN(Cc3cc([N+](=O)[O-])cc4c3OCOC4)CC2)cc1. The average Bonchev–Trinajstić information content (AvgIpc) is 2.83. The standard InChI is InChI=1S/C23H29N3O6S/c1-3-17(2)18-4-6-22(7-5-18)33(29,30)25-10-8-24(9-11-25)14-19-12-21(26(27)28)13-20-15-31-16-32-23(19)20/h4-7,12-13,17H,3,8-11,14-16H2,1-2H3. The third-order valence-electron chi connectivity index (χ3n) is 6.41. The first-order chi connectivity index (χ1) is 15.8. The number of nitro benzene ring substituents is 1. The zero-order valence-corrected chi connectivity index (χ0v) is 19.7. The molecule has 4 rings (SSSR count). The topological polar surface area (TPSA) is 102 Å². The molecule has 0 saturated carbocycles. The van der Waals surface area contributed by atoms with E-state index in [0.29, 0.717) is 54.9 Å². The van der Waals surface area contributed by atoms with Gasteiger partial charge >= 0.3 is 0 Å². The molecule has 2 aliphatic heterocycles. The Kier molecular flexibility index (Phi) is 6.99. The Morgan fingerprint density at radius 1 is 1.12 bits per heavy atom. The molecule has 0 amide bonds. The van der Waals surface area contributed by atoms with E-state index in [9.17, 15) is 18.5 Å². The summed E-state index contributed by atoms with van der Waals surface area (Å²) < 4.78 is 38.6. The highest BCUT2D eigenvalue weighted by Gasteiger charge is 2.30. The summed E-state index contributed by atoms with van der Waals surface area (Å²) in [6.07, 6.45) is 1.000. The number of hydrogen-bond donors (Lipinski definition) is 0. The number of non-ortho nitro benzene ring substituents is 1. The van der Waals surface area contributed by atoms with Gasteiger partial charge in [-0.3, -0.25) is 15.0 Å². The Bertz CT molecular complexity index is 1110. The molecule has 0 radical (unpaired) electrons. The number of sulfonamides is 1. The molecular formula is C23H29N3O6S. The Morgan fingerprint density at radius 2 is 1.82 bits per heavy atom. The minimum atomic E-state index is -3.56. The van der Waals surface area contributed by atoms with Crippen LogP contribution < -0.4 is 4.74 Å². The Morgan fingerprint density at radius 3 is 2.45 bits per heavy atom. The summed E-state index contributed by atoms with van der Waals surface area (Å²) in [5, 5.41) is 11.3. The quantitative estimate of drug-likeness (QED) is 0.446. The van der Waals surface area contributed by atoms with Gasteiger partial charge in [0.1, 0.15) is 5.75 Å². The van der Waals surface area contributed by atoms with Gasteiger partial charge in [0, 0.05) is 56.0 Å². The van der Waals surface area contributed by atoms with E-state index >= 15 is 0 Å². The van der Waals surface area contributed by atoms with E-state index in [0.717, 1.165) is 17.5 Å². The van der Waals surface area contributed by atoms with E-state index in [-0.39, 0.29) is 19.1 Å². The summed E-state index contributed by atoms with van der Waals surface area (Å²) in [5.74, 6) is 1.02. The molecule has 1 atom stereocenters. The molecule has 2 aromatic carbocycles. The summed E-state index contributed by atoms with van der Waals surface area (Å²) in [6.45, 7) is 6.83. The molecule has 2 heterocycles. The van der Waals surface area contributed by atoms with Crippen LogP contribution in [0.1, 0.15) is 42.9 Å². The maximum Gasteiger partial charge on any atom is 0.270 e. The van der Waals surface area contributed by atoms with E-state index in [1.54, 1.807) is 12.1 Å². The summed E-state index contributed by atoms with van der Waals surface area (Å²) >= 11 is 0. The number of nitro groups is 1. The van der Waals surface area contributed by atoms with Gasteiger partial charge in [-0.05, 0) is 30.0 Å². The van der Waals surface area contributed by atoms with Gasteiger partial charge < -0.3 is 9.47 Å². The molecule has 2 aliphatic rings. The van der Waals surface area contributed by atoms with Gasteiger partial charge in [-0.1, -0.05) is 26.0 Å². The second kappa shape index (κ2) is 9.76. The Labute approximate surface area is 194 Å². The fraction of sp³-hybridized carbons (Fsp3) is 0.478. The van der Waals surface area contributed by atoms with Crippen molar-refractivity contribution < 1.29 is 22.8 Å². The predicted octanol–water partition coefficient (Wildman–Crippen LogP) is 3.48. The molecule has 0 aliphatic carbocycles. The highest BCUT2D eigenvalue weighted by Crippen LogP contribution is 2.33. The van der Waals surface area contributed by atoms with Gasteiger partial charge in [-0.15, -0.1) is 0 Å². The first-order valence-electron chi connectivity index (χ1n) is 11.1. The van der Waals surface area contributed by atoms with E-state index in [1.807, 2.05) is 12.1 Å². The molecule has 9 nitrogen and oxygen atoms in total. The van der Waals surface area contributed by atoms with Crippen molar-refractivity contribution in [2.24, 2.45) is 0 Å². The van der Waals surface area contributed by atoms with Crippen LogP contribution in [0, 0.1) is 10.1 Å². The van der Waals surface area contributed by atoms with Crippen molar-refractivity contribution in [2.75, 3.05) is 33.0 Å². The van der Waals surface area contributed by atoms with Gasteiger partial charge in [-0.25, -0.2) is 8.42 Å². The van der Waals surface area contributed by atoms with Crippen molar-refractivity contribution in [3.8, 4) is 5.75 Å². The van der Waals surface area contributed by atoms with Gasteiger partial charge in [0.05, 0.1) is 16.4 Å². The molecule has 2 aromatic rings. The molecule has 0 bridgehead atoms. The third-order valence-corrected chi connectivity index (χ3v) is 8.32. The van der Waals surface area contributed by atoms with Crippen molar-refractivity contribution in [3.63, 3.8) is 0 Å². The molecule has 0 N–H and O–H groups in total. The van der Waals surface area contributed by atoms with Gasteiger partial charge in [-0.2, -0.15) is 4.31 Å². The van der Waals surface area contributed by atoms with E-state index in [1.165, 1.54) is 16.4 Å². The zero-order valence-electron chi connectivity index (χ0n) is 18.9. The van der Waals surface area contributed by atoms with Crippen molar-refractivity contribution in [3.05, 3.63) is 63.2 Å². The number of piperazine rings is 1. The number of ether oxygens (including phenoxy) is 2. The molecule has 178 valence electrons. The number of nitrogens with zero attached hydrogens (tertiary/aromatic N) is 3. The summed E-state index contributed by atoms with van der Waals surface area (Å²) in [6, 6.07) is 10.2. The molecule has 1 saturated heterocycles. The lowest BCUT2D eigenvalue weighted by atomic mass is 9.99. The minimum Gasteiger partial charge on any atom is -0.467 e. The van der Waals surface area contributed by atoms with E-state index < -0.39 is 14.9 Å². The van der Waals surface area contributed by atoms with E-state index in [4.69, 9.17) is 9.47 Å². The van der Waals surface area contributed by atoms with Crippen LogP contribution in [0.15, 0.2) is 41.3 Å². The minimum absolute atomic E-state index is 0.0000907. The van der Waals surface area contributed by atoms with Crippen LogP contribution in [0.4, 0.5) is 5.69 Å². The van der Waals surface area contributed by atoms with Crippen LogP contribution in [0.2, 0.25) is 0 Å². The predicted molar refractivity (Wildman–Crippen MR) is 123 cm³/mol. The third kappa shape index (κ3) is 5.03. The largest absolute Gasteiger partial charge is 0.467 e. The van der Waals surface area contributed by atoms with Crippen LogP contribution in [0.25, 0.3) is 0 Å². The molecule has 10 heteroatoms.